The Morgan fingerprint density at radius 2 is 1.94 bits per heavy atom. The Balaban J connectivity index is 1.25. The zero-order valence-electron chi connectivity index (χ0n) is 19.2. The van der Waals surface area contributed by atoms with Crippen LogP contribution in [0.5, 0.6) is 0 Å². The van der Waals surface area contributed by atoms with Gasteiger partial charge in [0.15, 0.2) is 5.13 Å². The zero-order valence-corrected chi connectivity index (χ0v) is 20.8. The molecule has 5 rings (SSSR count). The van der Waals surface area contributed by atoms with Crippen LogP contribution in [0.25, 0.3) is 0 Å². The van der Waals surface area contributed by atoms with Crippen LogP contribution in [0.1, 0.15) is 43.5 Å². The minimum Gasteiger partial charge on any atom is -0.361 e. The second kappa shape index (κ2) is 10.1. The number of thioether (sulfide) groups is 1. The third-order valence-corrected chi connectivity index (χ3v) is 8.06. The Bertz CT molecular complexity index is 1280. The molecule has 174 valence electrons. The predicted molar refractivity (Wildman–Crippen MR) is 136 cm³/mol. The lowest BCUT2D eigenvalue weighted by Crippen LogP contribution is -2.29. The van der Waals surface area contributed by atoms with E-state index < -0.39 is 0 Å². The summed E-state index contributed by atoms with van der Waals surface area (Å²) in [5.41, 5.74) is 5.04. The first-order valence-electron chi connectivity index (χ1n) is 11.3. The van der Waals surface area contributed by atoms with Gasteiger partial charge in [0.25, 0.3) is 5.91 Å². The Labute approximate surface area is 207 Å². The fourth-order valence-corrected chi connectivity index (χ4v) is 6.33. The first-order valence-corrected chi connectivity index (χ1v) is 13.1. The van der Waals surface area contributed by atoms with Crippen LogP contribution in [0.3, 0.4) is 0 Å². The average molecular weight is 491 g/mol. The molecule has 0 fully saturated rings. The van der Waals surface area contributed by atoms with E-state index in [1.54, 1.807) is 23.1 Å². The van der Waals surface area contributed by atoms with E-state index in [9.17, 15) is 4.79 Å². The zero-order chi connectivity index (χ0) is 23.5. The molecule has 0 bridgehead atoms. The highest BCUT2D eigenvalue weighted by atomic mass is 32.2. The number of amides is 1. The Morgan fingerprint density at radius 3 is 2.74 bits per heavy atom. The summed E-state index contributed by atoms with van der Waals surface area (Å²) in [5.74, 6) is 1.39. The molecule has 0 aliphatic carbocycles. The van der Waals surface area contributed by atoms with Crippen LogP contribution in [-0.2, 0) is 25.3 Å². The van der Waals surface area contributed by atoms with Gasteiger partial charge in [0, 0.05) is 47.1 Å². The first kappa shape index (κ1) is 22.8. The standard InChI is InChI=1S/C26H26N4O2S2/c1-17-21(18(2)32-29-17)16-33-23-11-7-6-10-20(23)25(31)28-26-27-22-12-13-30(15-24(22)34-26)14-19-8-4-3-5-9-19/h3-11H,12-16H2,1-2H3,(H,27,28,31). The van der Waals surface area contributed by atoms with E-state index in [0.717, 1.165) is 53.7 Å². The number of thiazole rings is 1. The number of hydrogen-bond donors (Lipinski definition) is 1. The number of hydrogen-bond acceptors (Lipinski definition) is 7. The fourth-order valence-electron chi connectivity index (χ4n) is 4.08. The highest BCUT2D eigenvalue weighted by molar-refractivity contribution is 7.98. The summed E-state index contributed by atoms with van der Waals surface area (Å²) in [6.07, 6.45) is 0.901. The summed E-state index contributed by atoms with van der Waals surface area (Å²) in [6.45, 7) is 6.62. The minimum atomic E-state index is -0.130. The van der Waals surface area contributed by atoms with Crippen LogP contribution in [-0.4, -0.2) is 27.5 Å². The molecule has 6 nitrogen and oxygen atoms in total. The van der Waals surface area contributed by atoms with Gasteiger partial charge in [-0.15, -0.1) is 23.1 Å². The number of rotatable bonds is 7. The number of fused-ring (bicyclic) bond motifs is 1. The summed E-state index contributed by atoms with van der Waals surface area (Å²) in [4.78, 5) is 22.5. The molecule has 0 atom stereocenters. The van der Waals surface area contributed by atoms with E-state index >= 15 is 0 Å². The molecule has 1 aliphatic heterocycles. The minimum absolute atomic E-state index is 0.130. The Morgan fingerprint density at radius 1 is 1.15 bits per heavy atom. The lowest BCUT2D eigenvalue weighted by molar-refractivity contribution is 0.102. The van der Waals surface area contributed by atoms with Crippen molar-refractivity contribution in [2.24, 2.45) is 0 Å². The molecule has 0 saturated carbocycles. The maximum Gasteiger partial charge on any atom is 0.258 e. The lowest BCUT2D eigenvalue weighted by Gasteiger charge is -2.25. The van der Waals surface area contributed by atoms with Crippen molar-refractivity contribution in [3.8, 4) is 0 Å². The third kappa shape index (κ3) is 5.09. The molecule has 8 heteroatoms. The highest BCUT2D eigenvalue weighted by Gasteiger charge is 2.22. The second-order valence-electron chi connectivity index (χ2n) is 8.38. The van der Waals surface area contributed by atoms with Crippen molar-refractivity contribution in [3.05, 3.63) is 93.3 Å². The quantitative estimate of drug-likeness (QED) is 0.328. The second-order valence-corrected chi connectivity index (χ2v) is 10.5. The van der Waals surface area contributed by atoms with Gasteiger partial charge < -0.3 is 4.52 Å². The number of carbonyl (C=O) groups is 1. The monoisotopic (exact) mass is 490 g/mol. The number of benzene rings is 2. The number of nitrogens with zero attached hydrogens (tertiary/aromatic N) is 3. The van der Waals surface area contributed by atoms with Gasteiger partial charge in [-0.1, -0.05) is 47.6 Å². The molecular formula is C26H26N4O2S2. The summed E-state index contributed by atoms with van der Waals surface area (Å²) >= 11 is 3.20. The van der Waals surface area contributed by atoms with Gasteiger partial charge in [0.1, 0.15) is 5.76 Å². The molecular weight excluding hydrogens is 464 g/mol. The molecule has 1 amide bonds. The molecule has 34 heavy (non-hydrogen) atoms. The number of aryl methyl sites for hydroxylation is 2. The van der Waals surface area contributed by atoms with E-state index in [1.165, 1.54) is 10.4 Å². The van der Waals surface area contributed by atoms with Crippen LogP contribution in [0.4, 0.5) is 5.13 Å². The molecule has 0 unspecified atom stereocenters. The van der Waals surface area contributed by atoms with Crippen LogP contribution < -0.4 is 5.32 Å². The molecule has 0 radical (unpaired) electrons. The average Bonchev–Trinajstić information content (AvgIpc) is 3.39. The van der Waals surface area contributed by atoms with Crippen molar-refractivity contribution in [1.29, 1.82) is 0 Å². The molecule has 3 heterocycles. The number of aromatic nitrogens is 2. The van der Waals surface area contributed by atoms with Crippen molar-refractivity contribution < 1.29 is 9.32 Å². The van der Waals surface area contributed by atoms with Crippen LogP contribution in [0.15, 0.2) is 64.0 Å². The van der Waals surface area contributed by atoms with Crippen LogP contribution >= 0.6 is 23.1 Å². The molecule has 0 spiro atoms. The molecule has 1 N–H and O–H groups in total. The lowest BCUT2D eigenvalue weighted by atomic mass is 10.1. The topological polar surface area (TPSA) is 71.3 Å². The van der Waals surface area contributed by atoms with Crippen molar-refractivity contribution in [2.45, 2.75) is 44.0 Å². The third-order valence-electron chi connectivity index (χ3n) is 5.96. The van der Waals surface area contributed by atoms with Gasteiger partial charge in [-0.05, 0) is 31.5 Å². The van der Waals surface area contributed by atoms with Crippen molar-refractivity contribution in [3.63, 3.8) is 0 Å². The van der Waals surface area contributed by atoms with Crippen LogP contribution in [0, 0.1) is 13.8 Å². The summed E-state index contributed by atoms with van der Waals surface area (Å²) in [6, 6.07) is 18.2. The van der Waals surface area contributed by atoms with E-state index in [-0.39, 0.29) is 5.91 Å². The maximum atomic E-state index is 13.1. The van der Waals surface area contributed by atoms with Crippen LogP contribution in [0.2, 0.25) is 0 Å². The van der Waals surface area contributed by atoms with Gasteiger partial charge >= 0.3 is 0 Å². The van der Waals surface area contributed by atoms with E-state index in [0.29, 0.717) is 16.4 Å². The molecule has 2 aromatic carbocycles. The van der Waals surface area contributed by atoms with Gasteiger partial charge in [0.2, 0.25) is 0 Å². The van der Waals surface area contributed by atoms with E-state index in [4.69, 9.17) is 9.51 Å². The van der Waals surface area contributed by atoms with Crippen molar-refractivity contribution >= 4 is 34.1 Å². The summed E-state index contributed by atoms with van der Waals surface area (Å²) in [7, 11) is 0. The number of anilines is 1. The largest absolute Gasteiger partial charge is 0.361 e. The Hall–Kier alpha value is -2.94. The van der Waals surface area contributed by atoms with E-state index in [2.05, 4.69) is 39.6 Å². The number of carbonyl (C=O) groups excluding carboxylic acids is 1. The van der Waals surface area contributed by atoms with Gasteiger partial charge in [-0.2, -0.15) is 0 Å². The number of nitrogens with one attached hydrogen (secondary N) is 1. The maximum absolute atomic E-state index is 13.1. The van der Waals surface area contributed by atoms with E-state index in [1.807, 2.05) is 44.2 Å². The van der Waals surface area contributed by atoms with Crippen molar-refractivity contribution in [1.82, 2.24) is 15.0 Å². The van der Waals surface area contributed by atoms with Gasteiger partial charge in [-0.3, -0.25) is 15.0 Å². The summed E-state index contributed by atoms with van der Waals surface area (Å²) < 4.78 is 5.27. The van der Waals surface area contributed by atoms with Gasteiger partial charge in [0.05, 0.1) is 17.0 Å². The molecule has 0 saturated heterocycles. The smallest absolute Gasteiger partial charge is 0.258 e. The highest BCUT2D eigenvalue weighted by Crippen LogP contribution is 2.32. The Kier molecular flexibility index (Phi) is 6.80. The SMILES string of the molecule is Cc1noc(C)c1CSc1ccccc1C(=O)Nc1nc2c(s1)CN(Cc1ccccc1)CC2. The fraction of sp³-hybridized carbons (Fsp3) is 0.269. The molecule has 4 aromatic rings. The molecule has 1 aliphatic rings. The first-order chi connectivity index (χ1) is 16.6. The van der Waals surface area contributed by atoms with Gasteiger partial charge in [-0.25, -0.2) is 4.98 Å². The van der Waals surface area contributed by atoms with Crippen molar-refractivity contribution in [2.75, 3.05) is 11.9 Å². The molecule has 2 aromatic heterocycles. The summed E-state index contributed by atoms with van der Waals surface area (Å²) in [5, 5.41) is 7.73. The normalized spacial score (nSPS) is 13.6. The predicted octanol–water partition coefficient (Wildman–Crippen LogP) is 5.85.